The van der Waals surface area contributed by atoms with E-state index in [-0.39, 0.29) is 12.5 Å². The summed E-state index contributed by atoms with van der Waals surface area (Å²) < 4.78 is 7.38. The molecule has 1 heterocycles. The van der Waals surface area contributed by atoms with Gasteiger partial charge in [-0.15, -0.1) is 0 Å². The van der Waals surface area contributed by atoms with Crippen molar-refractivity contribution in [2.45, 2.75) is 13.5 Å². The largest absolute Gasteiger partial charge is 0.383 e. The molecule has 6 heteroatoms. The second-order valence-electron chi connectivity index (χ2n) is 3.08. The Morgan fingerprint density at radius 3 is 3.00 bits per heavy atom. The average Bonchev–Trinajstić information content (AvgIpc) is 2.50. The summed E-state index contributed by atoms with van der Waals surface area (Å²) in [5, 5.41) is 6.79. The highest BCUT2D eigenvalue weighted by Crippen LogP contribution is 2.13. The van der Waals surface area contributed by atoms with Crippen LogP contribution in [0, 0.1) is 6.92 Å². The molecule has 0 saturated carbocycles. The van der Waals surface area contributed by atoms with Crippen molar-refractivity contribution >= 4 is 21.8 Å². The molecule has 15 heavy (non-hydrogen) atoms. The van der Waals surface area contributed by atoms with Crippen molar-refractivity contribution in [1.29, 1.82) is 0 Å². The third-order valence-electron chi connectivity index (χ3n) is 1.97. The molecule has 5 nitrogen and oxygen atoms in total. The highest BCUT2D eigenvalue weighted by Gasteiger charge is 2.07. The van der Waals surface area contributed by atoms with Gasteiger partial charge in [0.2, 0.25) is 5.91 Å². The van der Waals surface area contributed by atoms with Gasteiger partial charge in [-0.3, -0.25) is 9.48 Å². The van der Waals surface area contributed by atoms with Gasteiger partial charge >= 0.3 is 0 Å². The Morgan fingerprint density at radius 2 is 2.47 bits per heavy atom. The van der Waals surface area contributed by atoms with Gasteiger partial charge in [0.15, 0.2) is 0 Å². The molecule has 0 radical (unpaired) electrons. The Morgan fingerprint density at radius 1 is 1.73 bits per heavy atom. The second kappa shape index (κ2) is 5.87. The number of halogens is 1. The Bertz CT molecular complexity index is 338. The third kappa shape index (κ3) is 3.64. The summed E-state index contributed by atoms with van der Waals surface area (Å²) in [5.41, 5.74) is 0.942. The molecule has 0 aliphatic rings. The molecular formula is C9H14BrN3O2. The van der Waals surface area contributed by atoms with Crippen LogP contribution in [0.2, 0.25) is 0 Å². The van der Waals surface area contributed by atoms with Crippen LogP contribution in [0.25, 0.3) is 0 Å². The Balaban J connectivity index is 2.41. The van der Waals surface area contributed by atoms with Crippen LogP contribution >= 0.6 is 15.9 Å². The van der Waals surface area contributed by atoms with Crippen LogP contribution in [0.4, 0.5) is 0 Å². The molecule has 0 atom stereocenters. The zero-order valence-electron chi connectivity index (χ0n) is 8.79. The first-order chi connectivity index (χ1) is 7.15. The lowest BCUT2D eigenvalue weighted by atomic mass is 10.4. The first kappa shape index (κ1) is 12.2. The third-order valence-corrected chi connectivity index (χ3v) is 2.74. The summed E-state index contributed by atoms with van der Waals surface area (Å²) >= 11 is 3.33. The molecule has 1 rings (SSSR count). The number of amides is 1. The number of aromatic nitrogens is 2. The molecule has 1 N–H and O–H groups in total. The molecule has 0 aliphatic carbocycles. The Hall–Kier alpha value is -0.880. The highest BCUT2D eigenvalue weighted by molar-refractivity contribution is 9.10. The van der Waals surface area contributed by atoms with Crippen molar-refractivity contribution in [3.05, 3.63) is 16.4 Å². The van der Waals surface area contributed by atoms with Gasteiger partial charge in [0, 0.05) is 13.7 Å². The maximum atomic E-state index is 11.4. The lowest BCUT2D eigenvalue weighted by molar-refractivity contribution is -0.122. The quantitative estimate of drug-likeness (QED) is 0.806. The van der Waals surface area contributed by atoms with E-state index in [1.807, 2.05) is 6.92 Å². The zero-order chi connectivity index (χ0) is 11.3. The lowest BCUT2D eigenvalue weighted by Crippen LogP contribution is -2.30. The van der Waals surface area contributed by atoms with Gasteiger partial charge in [-0.05, 0) is 22.9 Å². The number of hydrogen-bond acceptors (Lipinski definition) is 3. The molecule has 0 aliphatic heterocycles. The fourth-order valence-electron chi connectivity index (χ4n) is 1.07. The zero-order valence-corrected chi connectivity index (χ0v) is 10.4. The van der Waals surface area contributed by atoms with Gasteiger partial charge in [0.25, 0.3) is 0 Å². The molecule has 1 aromatic heterocycles. The van der Waals surface area contributed by atoms with Crippen molar-refractivity contribution in [2.24, 2.45) is 0 Å². The van der Waals surface area contributed by atoms with Gasteiger partial charge in [0.1, 0.15) is 6.54 Å². The van der Waals surface area contributed by atoms with Gasteiger partial charge in [-0.2, -0.15) is 5.10 Å². The first-order valence-corrected chi connectivity index (χ1v) is 5.38. The summed E-state index contributed by atoms with van der Waals surface area (Å²) in [6.07, 6.45) is 1.68. The van der Waals surface area contributed by atoms with Crippen LogP contribution in [0.5, 0.6) is 0 Å². The van der Waals surface area contributed by atoms with Gasteiger partial charge in [0.05, 0.1) is 23.0 Å². The summed E-state index contributed by atoms with van der Waals surface area (Å²) in [4.78, 5) is 11.4. The van der Waals surface area contributed by atoms with Crippen molar-refractivity contribution < 1.29 is 9.53 Å². The predicted octanol–water partition coefficient (Wildman–Crippen LogP) is 0.717. The predicted molar refractivity (Wildman–Crippen MR) is 59.5 cm³/mol. The molecule has 0 saturated heterocycles. The van der Waals surface area contributed by atoms with Gasteiger partial charge in [-0.1, -0.05) is 0 Å². The topological polar surface area (TPSA) is 56.1 Å². The minimum Gasteiger partial charge on any atom is -0.383 e. The van der Waals surface area contributed by atoms with Crippen molar-refractivity contribution in [3.8, 4) is 0 Å². The van der Waals surface area contributed by atoms with E-state index in [1.165, 1.54) is 0 Å². The highest BCUT2D eigenvalue weighted by atomic mass is 79.9. The van der Waals surface area contributed by atoms with Crippen molar-refractivity contribution in [3.63, 3.8) is 0 Å². The van der Waals surface area contributed by atoms with Gasteiger partial charge < -0.3 is 10.1 Å². The molecular weight excluding hydrogens is 262 g/mol. The first-order valence-electron chi connectivity index (χ1n) is 4.58. The molecule has 0 aromatic carbocycles. The normalized spacial score (nSPS) is 10.3. The number of ether oxygens (including phenoxy) is 1. The SMILES string of the molecule is COCCNC(=O)Cn1ncc(Br)c1C. The minimum atomic E-state index is -0.0641. The van der Waals surface area contributed by atoms with E-state index >= 15 is 0 Å². The van der Waals surface area contributed by atoms with Crippen LogP contribution in [-0.2, 0) is 16.1 Å². The van der Waals surface area contributed by atoms with E-state index < -0.39 is 0 Å². The van der Waals surface area contributed by atoms with Gasteiger partial charge in [-0.25, -0.2) is 0 Å². The number of nitrogens with one attached hydrogen (secondary N) is 1. The smallest absolute Gasteiger partial charge is 0.241 e. The summed E-state index contributed by atoms with van der Waals surface area (Å²) in [6.45, 7) is 3.19. The maximum absolute atomic E-state index is 11.4. The summed E-state index contributed by atoms with van der Waals surface area (Å²) in [7, 11) is 1.60. The molecule has 0 spiro atoms. The number of nitrogens with zero attached hydrogens (tertiary/aromatic N) is 2. The van der Waals surface area contributed by atoms with Crippen LogP contribution in [0.15, 0.2) is 10.7 Å². The van der Waals surface area contributed by atoms with Crippen molar-refractivity contribution in [1.82, 2.24) is 15.1 Å². The second-order valence-corrected chi connectivity index (χ2v) is 3.93. The molecule has 0 fully saturated rings. The number of hydrogen-bond donors (Lipinski definition) is 1. The maximum Gasteiger partial charge on any atom is 0.241 e. The number of carbonyl (C=O) groups is 1. The van der Waals surface area contributed by atoms with Crippen molar-refractivity contribution in [2.75, 3.05) is 20.3 Å². The van der Waals surface area contributed by atoms with E-state index in [4.69, 9.17) is 4.74 Å². The lowest BCUT2D eigenvalue weighted by Gasteiger charge is -2.05. The summed E-state index contributed by atoms with van der Waals surface area (Å²) in [5.74, 6) is -0.0641. The molecule has 1 aromatic rings. The van der Waals surface area contributed by atoms with Crippen LogP contribution in [0.1, 0.15) is 5.69 Å². The van der Waals surface area contributed by atoms with Crippen LogP contribution in [0.3, 0.4) is 0 Å². The van der Waals surface area contributed by atoms with Crippen LogP contribution < -0.4 is 5.32 Å². The fraction of sp³-hybridized carbons (Fsp3) is 0.556. The standard InChI is InChI=1S/C9H14BrN3O2/c1-7-8(10)5-12-13(7)6-9(14)11-3-4-15-2/h5H,3-4,6H2,1-2H3,(H,11,14). The van der Waals surface area contributed by atoms with E-state index in [1.54, 1.807) is 18.0 Å². The monoisotopic (exact) mass is 275 g/mol. The van der Waals surface area contributed by atoms with E-state index in [0.29, 0.717) is 13.2 Å². The molecule has 0 unspecified atom stereocenters. The average molecular weight is 276 g/mol. The number of carbonyl (C=O) groups excluding carboxylic acids is 1. The van der Waals surface area contributed by atoms with E-state index in [2.05, 4.69) is 26.3 Å². The molecule has 84 valence electrons. The Kier molecular flexibility index (Phi) is 4.77. The van der Waals surface area contributed by atoms with Crippen LogP contribution in [-0.4, -0.2) is 35.9 Å². The number of rotatable bonds is 5. The van der Waals surface area contributed by atoms with E-state index in [0.717, 1.165) is 10.2 Å². The minimum absolute atomic E-state index is 0.0641. The summed E-state index contributed by atoms with van der Waals surface area (Å²) in [6, 6.07) is 0. The number of methoxy groups -OCH3 is 1. The van der Waals surface area contributed by atoms with E-state index in [9.17, 15) is 4.79 Å². The molecule has 0 bridgehead atoms. The molecule has 1 amide bonds. The Labute approximate surface area is 96.9 Å². The fourth-order valence-corrected chi connectivity index (χ4v) is 1.36.